The minimum Gasteiger partial charge on any atom is -0.743 e. The van der Waals surface area contributed by atoms with E-state index in [1.807, 2.05) is 0 Å². The average molecular weight is 533 g/mol. The predicted molar refractivity (Wildman–Crippen MR) is 78.5 cm³/mol. The molecule has 0 heterocycles. The maximum atomic E-state index is 12.8. The van der Waals surface area contributed by atoms with Gasteiger partial charge >= 0.3 is 11.2 Å². The maximum absolute atomic E-state index is 12.8. The smallest absolute Gasteiger partial charge is 0.367 e. The largest absolute Gasteiger partial charge is 0.743 e. The van der Waals surface area contributed by atoms with Crippen molar-refractivity contribution >= 4 is 61.3 Å². The lowest BCUT2D eigenvalue weighted by Crippen LogP contribution is -2.34. The molecule has 0 bridgehead atoms. The normalized spacial score (nSPS) is 12.2. The van der Waals surface area contributed by atoms with E-state index in [1.165, 1.54) is 6.07 Å². The molecule has 0 unspecified atom stereocenters. The number of phenols is 1. The number of hydrogen-bond donors (Lipinski definition) is 1. The quantitative estimate of drug-likeness (QED) is 0.361. The Bertz CT molecular complexity index is 646. The van der Waals surface area contributed by atoms with Crippen LogP contribution in [-0.4, -0.2) is 35.9 Å². The highest BCUT2D eigenvalue weighted by Gasteiger charge is 2.39. The van der Waals surface area contributed by atoms with Crippen molar-refractivity contribution in [2.24, 2.45) is 0 Å². The molecule has 0 spiro atoms. The van der Waals surface area contributed by atoms with Gasteiger partial charge in [-0.05, 0) is 57.3 Å². The van der Waals surface area contributed by atoms with Gasteiger partial charge in [0.15, 0.2) is 16.7 Å². The van der Waals surface area contributed by atoms with Gasteiger partial charge in [0.2, 0.25) is 0 Å². The summed E-state index contributed by atoms with van der Waals surface area (Å²) in [5, 5.41) is 4.71. The zero-order valence-corrected chi connectivity index (χ0v) is 14.4. The highest BCUT2D eigenvalue weighted by molar-refractivity contribution is 14.1. The fraction of sp³-hybridized carbons (Fsp3) is 0.222. The number of aromatic hydroxyl groups is 1. The van der Waals surface area contributed by atoms with Crippen molar-refractivity contribution in [1.82, 2.24) is 0 Å². The van der Waals surface area contributed by atoms with Crippen LogP contribution in [0.3, 0.4) is 0 Å². The molecule has 0 radical (unpaired) electrons. The van der Waals surface area contributed by atoms with E-state index in [-0.39, 0.29) is 11.3 Å². The molecule has 0 aliphatic rings. The van der Waals surface area contributed by atoms with Gasteiger partial charge in [-0.25, -0.2) is 13.2 Å². The molecule has 0 saturated carbocycles. The number of carbonyl (C=O) groups excluding carboxylic acids is 1. The van der Waals surface area contributed by atoms with Gasteiger partial charge in [-0.2, -0.15) is 8.78 Å². The van der Waals surface area contributed by atoms with Gasteiger partial charge in [-0.1, -0.05) is 0 Å². The number of ether oxygens (including phenoxy) is 1. The number of benzene rings is 1. The van der Waals surface area contributed by atoms with Gasteiger partial charge in [0, 0.05) is 3.57 Å². The van der Waals surface area contributed by atoms with Crippen LogP contribution in [0.1, 0.15) is 10.4 Å². The fourth-order valence-corrected chi connectivity index (χ4v) is 2.95. The lowest BCUT2D eigenvalue weighted by Gasteiger charge is -2.19. The molecule has 0 aliphatic carbocycles. The minimum absolute atomic E-state index is 0.220. The van der Waals surface area contributed by atoms with Crippen molar-refractivity contribution in [2.75, 3.05) is 6.61 Å². The first-order chi connectivity index (χ1) is 8.95. The van der Waals surface area contributed by atoms with Crippen molar-refractivity contribution < 1.29 is 36.4 Å². The van der Waals surface area contributed by atoms with Crippen LogP contribution in [0.2, 0.25) is 0 Å². The molecule has 0 aliphatic heterocycles. The third kappa shape index (κ3) is 4.11. The second-order valence-corrected chi connectivity index (χ2v) is 7.28. The molecule has 0 saturated heterocycles. The number of alkyl halides is 2. The van der Waals surface area contributed by atoms with E-state index in [0.29, 0.717) is 7.14 Å². The number of hydrogen-bond acceptors (Lipinski definition) is 6. The van der Waals surface area contributed by atoms with Crippen LogP contribution in [0.25, 0.3) is 0 Å². The van der Waals surface area contributed by atoms with Crippen LogP contribution in [0, 0.1) is 7.14 Å². The summed E-state index contributed by atoms with van der Waals surface area (Å²) in [4.78, 5) is 11.5. The first kappa shape index (κ1) is 17.8. The van der Waals surface area contributed by atoms with Gasteiger partial charge in [0.05, 0.1) is 9.13 Å². The molecular formula is C9H5F2I2O6S-. The Kier molecular flexibility index (Phi) is 5.53. The summed E-state index contributed by atoms with van der Waals surface area (Å²) < 4.78 is 61.2. The molecule has 1 aromatic rings. The van der Waals surface area contributed by atoms with Crippen molar-refractivity contribution in [3.63, 3.8) is 0 Å². The summed E-state index contributed by atoms with van der Waals surface area (Å²) in [6.45, 7) is -1.89. The maximum Gasteiger partial charge on any atom is 0.367 e. The first-order valence-electron chi connectivity index (χ1n) is 4.64. The Hall–Kier alpha value is -0.280. The number of rotatable bonds is 4. The molecule has 1 aromatic carbocycles. The molecule has 6 nitrogen and oxygen atoms in total. The number of carbonyl (C=O) groups is 1. The summed E-state index contributed by atoms with van der Waals surface area (Å²) in [5.74, 6) is -1.54. The van der Waals surface area contributed by atoms with Gasteiger partial charge < -0.3 is 14.4 Å². The van der Waals surface area contributed by atoms with Gasteiger partial charge in [-0.3, -0.25) is 0 Å². The zero-order valence-electron chi connectivity index (χ0n) is 9.27. The third-order valence-corrected chi connectivity index (χ3v) is 4.60. The molecular weight excluding hydrogens is 528 g/mol. The second-order valence-electron chi connectivity index (χ2n) is 3.45. The highest BCUT2D eigenvalue weighted by Crippen LogP contribution is 2.27. The van der Waals surface area contributed by atoms with Crippen LogP contribution in [0.5, 0.6) is 5.75 Å². The fourth-order valence-electron chi connectivity index (χ4n) is 0.993. The second kappa shape index (κ2) is 6.23. The summed E-state index contributed by atoms with van der Waals surface area (Å²) in [7, 11) is -5.92. The van der Waals surface area contributed by atoms with Crippen LogP contribution in [-0.2, 0) is 14.9 Å². The SMILES string of the molecule is O=C(OCC(F)(F)S(=O)(=O)[O-])c1cc(O)c(I)cc1I. The predicted octanol–water partition coefficient (Wildman–Crippen LogP) is 1.90. The van der Waals surface area contributed by atoms with Crippen LogP contribution >= 0.6 is 45.2 Å². The molecule has 0 aromatic heterocycles. The van der Waals surface area contributed by atoms with Crippen LogP contribution in [0.15, 0.2) is 12.1 Å². The summed E-state index contributed by atoms with van der Waals surface area (Å²) in [6.07, 6.45) is 0. The molecule has 0 atom stereocenters. The lowest BCUT2D eigenvalue weighted by atomic mass is 10.2. The van der Waals surface area contributed by atoms with Crippen molar-refractivity contribution in [1.29, 1.82) is 0 Å². The van der Waals surface area contributed by atoms with Crippen LogP contribution in [0.4, 0.5) is 8.78 Å². The number of esters is 1. The zero-order chi connectivity index (χ0) is 15.7. The Labute approximate surface area is 139 Å². The van der Waals surface area contributed by atoms with Gasteiger partial charge in [-0.15, -0.1) is 0 Å². The summed E-state index contributed by atoms with van der Waals surface area (Å²) in [5.41, 5.74) is -0.220. The standard InChI is InChI=1S/C9H6F2I2O6S/c10-9(11,20(16,17)18)3-19-8(15)4-1-7(14)6(13)2-5(4)12/h1-2,14H,3H2,(H,16,17,18)/p-1. The van der Waals surface area contributed by atoms with E-state index in [9.17, 15) is 31.7 Å². The van der Waals surface area contributed by atoms with Crippen molar-refractivity contribution in [3.8, 4) is 5.75 Å². The van der Waals surface area contributed by atoms with Crippen molar-refractivity contribution in [3.05, 3.63) is 24.8 Å². The molecule has 20 heavy (non-hydrogen) atoms. The van der Waals surface area contributed by atoms with Crippen molar-refractivity contribution in [2.45, 2.75) is 5.25 Å². The first-order valence-corrected chi connectivity index (χ1v) is 8.20. The van der Waals surface area contributed by atoms with E-state index in [1.54, 1.807) is 45.2 Å². The Morgan fingerprint density at radius 1 is 1.35 bits per heavy atom. The molecule has 0 fully saturated rings. The molecule has 1 rings (SSSR count). The number of halogens is 4. The molecule has 0 amide bonds. The third-order valence-electron chi connectivity index (χ3n) is 1.99. The van der Waals surface area contributed by atoms with E-state index >= 15 is 0 Å². The van der Waals surface area contributed by atoms with E-state index in [0.717, 1.165) is 6.07 Å². The lowest BCUT2D eigenvalue weighted by molar-refractivity contribution is -0.0101. The van der Waals surface area contributed by atoms with E-state index in [4.69, 9.17) is 0 Å². The van der Waals surface area contributed by atoms with Gasteiger partial charge in [0.1, 0.15) is 5.75 Å². The van der Waals surface area contributed by atoms with E-state index in [2.05, 4.69) is 4.74 Å². The Balaban J connectivity index is 2.92. The summed E-state index contributed by atoms with van der Waals surface area (Å²) >= 11 is 3.50. The van der Waals surface area contributed by atoms with Gasteiger partial charge in [0.25, 0.3) is 0 Å². The molecule has 1 N–H and O–H groups in total. The number of phenolic OH excluding ortho intramolecular Hbond substituents is 1. The molecule has 112 valence electrons. The monoisotopic (exact) mass is 533 g/mol. The Morgan fingerprint density at radius 2 is 1.90 bits per heavy atom. The topological polar surface area (TPSA) is 104 Å². The minimum atomic E-state index is -5.92. The van der Waals surface area contributed by atoms with Crippen LogP contribution < -0.4 is 0 Å². The highest BCUT2D eigenvalue weighted by atomic mass is 127. The van der Waals surface area contributed by atoms with E-state index < -0.39 is 27.9 Å². The summed E-state index contributed by atoms with van der Waals surface area (Å²) in [6, 6.07) is 2.39. The average Bonchev–Trinajstić information content (AvgIpc) is 2.29. The Morgan fingerprint density at radius 3 is 2.40 bits per heavy atom. The molecule has 11 heteroatoms.